The highest BCUT2D eigenvalue weighted by atomic mass is 32.1. The Morgan fingerprint density at radius 2 is 1.71 bits per heavy atom. The zero-order valence-electron chi connectivity index (χ0n) is 13.6. The highest BCUT2D eigenvalue weighted by Gasteiger charge is 2.07. The molecule has 0 radical (unpaired) electrons. The first-order valence-corrected chi connectivity index (χ1v) is 9.13. The van der Waals surface area contributed by atoms with Gasteiger partial charge in [-0.05, 0) is 47.9 Å². The molecular formula is C21H21NOS. The van der Waals surface area contributed by atoms with Crippen LogP contribution in [-0.2, 0) is 17.6 Å². The molecule has 0 saturated carbocycles. The van der Waals surface area contributed by atoms with Crippen LogP contribution < -0.4 is 5.32 Å². The quantitative estimate of drug-likeness (QED) is 0.623. The summed E-state index contributed by atoms with van der Waals surface area (Å²) in [5, 5.41) is 5.15. The topological polar surface area (TPSA) is 29.1 Å². The third-order valence-electron chi connectivity index (χ3n) is 3.94. The van der Waals surface area contributed by atoms with Crippen LogP contribution in [0.15, 0.2) is 72.1 Å². The number of hydrogen-bond donors (Lipinski definition) is 1. The number of para-hydroxylation sites is 1. The molecule has 3 aromatic rings. The molecule has 0 unspecified atom stereocenters. The maximum Gasteiger partial charge on any atom is 0.224 e. The summed E-state index contributed by atoms with van der Waals surface area (Å²) in [5.41, 5.74) is 3.31. The summed E-state index contributed by atoms with van der Waals surface area (Å²) in [6.45, 7) is 0. The lowest BCUT2D eigenvalue weighted by molar-refractivity contribution is -0.116. The minimum absolute atomic E-state index is 0.0899. The van der Waals surface area contributed by atoms with Gasteiger partial charge in [0.1, 0.15) is 0 Å². The number of aryl methyl sites for hydroxylation is 1. The molecule has 3 rings (SSSR count). The van der Waals surface area contributed by atoms with E-state index >= 15 is 0 Å². The van der Waals surface area contributed by atoms with Crippen LogP contribution in [0.3, 0.4) is 0 Å². The highest BCUT2D eigenvalue weighted by molar-refractivity contribution is 7.09. The van der Waals surface area contributed by atoms with E-state index in [1.54, 1.807) is 11.3 Å². The minimum Gasteiger partial charge on any atom is -0.326 e. The number of benzene rings is 2. The second kappa shape index (κ2) is 8.46. The molecule has 1 aromatic heterocycles. The Labute approximate surface area is 147 Å². The third-order valence-corrected chi connectivity index (χ3v) is 4.87. The van der Waals surface area contributed by atoms with E-state index in [1.165, 1.54) is 10.4 Å². The summed E-state index contributed by atoms with van der Waals surface area (Å²) < 4.78 is 0. The lowest BCUT2D eigenvalue weighted by Gasteiger charge is -2.11. The van der Waals surface area contributed by atoms with Crippen molar-refractivity contribution < 1.29 is 4.79 Å². The summed E-state index contributed by atoms with van der Waals surface area (Å²) in [4.78, 5) is 13.6. The van der Waals surface area contributed by atoms with Crippen molar-refractivity contribution in [1.82, 2.24) is 0 Å². The van der Waals surface area contributed by atoms with Gasteiger partial charge in [0.05, 0.1) is 0 Å². The number of anilines is 1. The molecule has 0 bridgehead atoms. The van der Waals surface area contributed by atoms with Crippen molar-refractivity contribution >= 4 is 22.9 Å². The first-order chi connectivity index (χ1) is 11.8. The van der Waals surface area contributed by atoms with Gasteiger partial charge in [-0.15, -0.1) is 11.3 Å². The predicted molar refractivity (Wildman–Crippen MR) is 102 cm³/mol. The maximum absolute atomic E-state index is 12.2. The van der Waals surface area contributed by atoms with E-state index in [4.69, 9.17) is 0 Å². The van der Waals surface area contributed by atoms with Crippen LogP contribution in [0.5, 0.6) is 0 Å². The fourth-order valence-electron chi connectivity index (χ4n) is 2.70. The Balaban J connectivity index is 1.57. The molecule has 0 spiro atoms. The van der Waals surface area contributed by atoms with E-state index in [2.05, 4.69) is 41.0 Å². The number of carbonyl (C=O) groups excluding carboxylic acids is 1. The number of amides is 1. The van der Waals surface area contributed by atoms with E-state index in [0.717, 1.165) is 30.5 Å². The SMILES string of the molecule is O=C(CCCc1cccs1)Nc1ccccc1Cc1ccccc1. The average molecular weight is 335 g/mol. The third kappa shape index (κ3) is 4.80. The summed E-state index contributed by atoms with van der Waals surface area (Å²) in [5.74, 6) is 0.0899. The van der Waals surface area contributed by atoms with E-state index in [1.807, 2.05) is 36.4 Å². The first-order valence-electron chi connectivity index (χ1n) is 8.25. The van der Waals surface area contributed by atoms with Gasteiger partial charge in [-0.1, -0.05) is 54.6 Å². The monoisotopic (exact) mass is 335 g/mol. The zero-order valence-corrected chi connectivity index (χ0v) is 14.4. The second-order valence-corrected chi connectivity index (χ2v) is 6.83. The molecule has 1 N–H and O–H groups in total. The number of rotatable bonds is 7. The van der Waals surface area contributed by atoms with Crippen LogP contribution >= 0.6 is 11.3 Å². The maximum atomic E-state index is 12.2. The minimum atomic E-state index is 0.0899. The predicted octanol–water partition coefficient (Wildman–Crippen LogP) is 5.30. The van der Waals surface area contributed by atoms with Gasteiger partial charge in [-0.2, -0.15) is 0 Å². The molecule has 0 atom stereocenters. The van der Waals surface area contributed by atoms with Gasteiger partial charge in [-0.3, -0.25) is 4.79 Å². The molecule has 0 fully saturated rings. The van der Waals surface area contributed by atoms with Crippen molar-refractivity contribution in [2.45, 2.75) is 25.7 Å². The van der Waals surface area contributed by atoms with Crippen LogP contribution in [0.2, 0.25) is 0 Å². The number of hydrogen-bond acceptors (Lipinski definition) is 2. The summed E-state index contributed by atoms with van der Waals surface area (Å²) in [6.07, 6.45) is 3.23. The Kier molecular flexibility index (Phi) is 5.80. The van der Waals surface area contributed by atoms with Crippen LogP contribution in [0.25, 0.3) is 0 Å². The average Bonchev–Trinajstić information content (AvgIpc) is 3.11. The lowest BCUT2D eigenvalue weighted by Crippen LogP contribution is -2.13. The molecule has 3 heteroatoms. The Bertz CT molecular complexity index is 766. The molecule has 2 nitrogen and oxygen atoms in total. The summed E-state index contributed by atoms with van der Waals surface area (Å²) in [6, 6.07) is 22.5. The Morgan fingerprint density at radius 3 is 2.50 bits per heavy atom. The Hall–Kier alpha value is -2.39. The molecule has 0 saturated heterocycles. The van der Waals surface area contributed by atoms with Crippen molar-refractivity contribution in [3.05, 3.63) is 88.1 Å². The van der Waals surface area contributed by atoms with E-state index in [-0.39, 0.29) is 5.91 Å². The van der Waals surface area contributed by atoms with Gasteiger partial charge >= 0.3 is 0 Å². The molecular weight excluding hydrogens is 314 g/mol. The van der Waals surface area contributed by atoms with E-state index in [9.17, 15) is 4.79 Å². The van der Waals surface area contributed by atoms with Crippen LogP contribution in [-0.4, -0.2) is 5.91 Å². The van der Waals surface area contributed by atoms with Gasteiger partial charge < -0.3 is 5.32 Å². The molecule has 1 heterocycles. The van der Waals surface area contributed by atoms with Crippen molar-refractivity contribution in [3.63, 3.8) is 0 Å². The van der Waals surface area contributed by atoms with Gasteiger partial charge in [0.15, 0.2) is 0 Å². The number of thiophene rings is 1. The van der Waals surface area contributed by atoms with Gasteiger partial charge in [-0.25, -0.2) is 0 Å². The van der Waals surface area contributed by atoms with Crippen molar-refractivity contribution in [2.24, 2.45) is 0 Å². The molecule has 0 aliphatic rings. The van der Waals surface area contributed by atoms with Crippen LogP contribution in [0.1, 0.15) is 28.8 Å². The molecule has 24 heavy (non-hydrogen) atoms. The number of nitrogens with one attached hydrogen (secondary N) is 1. The largest absolute Gasteiger partial charge is 0.326 e. The van der Waals surface area contributed by atoms with Gasteiger partial charge in [0.2, 0.25) is 5.91 Å². The van der Waals surface area contributed by atoms with Crippen LogP contribution in [0.4, 0.5) is 5.69 Å². The normalized spacial score (nSPS) is 10.5. The smallest absolute Gasteiger partial charge is 0.224 e. The van der Waals surface area contributed by atoms with Crippen LogP contribution in [0, 0.1) is 0 Å². The van der Waals surface area contributed by atoms with Crippen molar-refractivity contribution in [3.8, 4) is 0 Å². The number of carbonyl (C=O) groups is 1. The second-order valence-electron chi connectivity index (χ2n) is 5.80. The molecule has 1 amide bonds. The fourth-order valence-corrected chi connectivity index (χ4v) is 3.45. The highest BCUT2D eigenvalue weighted by Crippen LogP contribution is 2.20. The first kappa shape index (κ1) is 16.5. The van der Waals surface area contributed by atoms with Crippen molar-refractivity contribution in [2.75, 3.05) is 5.32 Å². The summed E-state index contributed by atoms with van der Waals surface area (Å²) >= 11 is 1.75. The standard InChI is InChI=1S/C21H21NOS/c23-21(14-6-11-19-12-7-15-24-19)22-20-13-5-4-10-18(20)16-17-8-2-1-3-9-17/h1-5,7-10,12-13,15H,6,11,14,16H2,(H,22,23). The van der Waals surface area contributed by atoms with E-state index in [0.29, 0.717) is 6.42 Å². The van der Waals surface area contributed by atoms with E-state index < -0.39 is 0 Å². The molecule has 0 aliphatic heterocycles. The zero-order chi connectivity index (χ0) is 16.6. The molecule has 122 valence electrons. The molecule has 2 aromatic carbocycles. The van der Waals surface area contributed by atoms with Gasteiger partial charge in [0.25, 0.3) is 0 Å². The molecule has 0 aliphatic carbocycles. The lowest BCUT2D eigenvalue weighted by atomic mass is 10.0. The summed E-state index contributed by atoms with van der Waals surface area (Å²) in [7, 11) is 0. The van der Waals surface area contributed by atoms with Gasteiger partial charge in [0, 0.05) is 17.0 Å². The Morgan fingerprint density at radius 1 is 0.917 bits per heavy atom. The van der Waals surface area contributed by atoms with Crippen molar-refractivity contribution in [1.29, 1.82) is 0 Å². The fraction of sp³-hybridized carbons (Fsp3) is 0.190.